The van der Waals surface area contributed by atoms with E-state index in [1.807, 2.05) is 24.4 Å². The Kier molecular flexibility index (Phi) is 3.93. The molecule has 1 fully saturated rings. The van der Waals surface area contributed by atoms with Gasteiger partial charge in [0.15, 0.2) is 0 Å². The second-order valence-electron chi connectivity index (χ2n) is 4.55. The Morgan fingerprint density at radius 1 is 1.21 bits per heavy atom. The molecule has 0 radical (unpaired) electrons. The molecule has 5 heteroatoms. The summed E-state index contributed by atoms with van der Waals surface area (Å²) in [4.78, 5) is 12.8. The van der Waals surface area contributed by atoms with E-state index in [4.69, 9.17) is 0 Å². The van der Waals surface area contributed by atoms with Crippen LogP contribution in [0.2, 0.25) is 0 Å². The molecule has 19 heavy (non-hydrogen) atoms. The third kappa shape index (κ3) is 3.67. The number of nitrogens with one attached hydrogen (secondary N) is 1. The van der Waals surface area contributed by atoms with E-state index < -0.39 is 0 Å². The van der Waals surface area contributed by atoms with Gasteiger partial charge in [-0.2, -0.15) is 0 Å². The third-order valence-corrected chi connectivity index (χ3v) is 3.93. The summed E-state index contributed by atoms with van der Waals surface area (Å²) in [6.45, 7) is 0.877. The first kappa shape index (κ1) is 12.4. The number of hydrogen-bond acceptors (Lipinski definition) is 5. The molecule has 0 aliphatic heterocycles. The van der Waals surface area contributed by atoms with Gasteiger partial charge in [-0.25, -0.2) is 15.0 Å². The van der Waals surface area contributed by atoms with Gasteiger partial charge in [0, 0.05) is 36.2 Å². The van der Waals surface area contributed by atoms with Crippen LogP contribution in [-0.4, -0.2) is 27.2 Å². The fourth-order valence-electron chi connectivity index (χ4n) is 1.84. The van der Waals surface area contributed by atoms with Gasteiger partial charge in [-0.15, -0.1) is 11.8 Å². The summed E-state index contributed by atoms with van der Waals surface area (Å²) in [7, 11) is 0. The highest BCUT2D eigenvalue weighted by Crippen LogP contribution is 2.39. The van der Waals surface area contributed by atoms with E-state index in [1.54, 1.807) is 18.1 Å². The van der Waals surface area contributed by atoms with E-state index in [2.05, 4.69) is 26.3 Å². The molecule has 3 rings (SSSR count). The average molecular weight is 272 g/mol. The molecule has 1 N–H and O–H groups in total. The molecular formula is C14H16N4S. The maximum absolute atomic E-state index is 4.31. The SMILES string of the molecule is c1ccc(SCCNc2cc(C3CC3)ncn2)nc1. The van der Waals surface area contributed by atoms with Crippen molar-refractivity contribution >= 4 is 17.6 Å². The van der Waals surface area contributed by atoms with Crippen molar-refractivity contribution in [3.05, 3.63) is 42.5 Å². The Morgan fingerprint density at radius 3 is 2.95 bits per heavy atom. The quantitative estimate of drug-likeness (QED) is 0.647. The fraction of sp³-hybridized carbons (Fsp3) is 0.357. The zero-order valence-corrected chi connectivity index (χ0v) is 11.4. The molecule has 2 heterocycles. The van der Waals surface area contributed by atoms with Crippen LogP contribution in [0.3, 0.4) is 0 Å². The van der Waals surface area contributed by atoms with Crippen LogP contribution < -0.4 is 5.32 Å². The smallest absolute Gasteiger partial charge is 0.129 e. The first-order chi connectivity index (χ1) is 9.42. The summed E-state index contributed by atoms with van der Waals surface area (Å²) in [5.41, 5.74) is 1.18. The number of rotatable bonds is 6. The molecule has 4 nitrogen and oxygen atoms in total. The monoisotopic (exact) mass is 272 g/mol. The molecule has 2 aromatic heterocycles. The van der Waals surface area contributed by atoms with Crippen molar-refractivity contribution in [1.29, 1.82) is 0 Å². The predicted molar refractivity (Wildman–Crippen MR) is 77.5 cm³/mol. The van der Waals surface area contributed by atoms with E-state index in [0.717, 1.165) is 23.1 Å². The minimum Gasteiger partial charge on any atom is -0.369 e. The van der Waals surface area contributed by atoms with Crippen molar-refractivity contribution in [2.75, 3.05) is 17.6 Å². The van der Waals surface area contributed by atoms with Gasteiger partial charge in [0.25, 0.3) is 0 Å². The molecule has 1 saturated carbocycles. The Labute approximate surface area is 117 Å². The van der Waals surface area contributed by atoms with E-state index in [9.17, 15) is 0 Å². The molecule has 0 atom stereocenters. The van der Waals surface area contributed by atoms with E-state index in [0.29, 0.717) is 5.92 Å². The van der Waals surface area contributed by atoms with Crippen molar-refractivity contribution in [1.82, 2.24) is 15.0 Å². The van der Waals surface area contributed by atoms with Crippen LogP contribution in [0, 0.1) is 0 Å². The van der Waals surface area contributed by atoms with Crippen LogP contribution in [0.15, 0.2) is 41.8 Å². The first-order valence-corrected chi connectivity index (χ1v) is 7.50. The molecule has 0 aromatic carbocycles. The molecule has 98 valence electrons. The van der Waals surface area contributed by atoms with Gasteiger partial charge in [0.05, 0.1) is 5.03 Å². The standard InChI is InChI=1S/C14H16N4S/c1-2-6-16-14(3-1)19-8-7-15-13-9-12(11-4-5-11)17-10-18-13/h1-3,6,9-11H,4-5,7-8H2,(H,15,17,18). The van der Waals surface area contributed by atoms with Crippen molar-refractivity contribution in [3.63, 3.8) is 0 Å². The summed E-state index contributed by atoms with van der Waals surface area (Å²) >= 11 is 1.75. The van der Waals surface area contributed by atoms with Crippen molar-refractivity contribution in [2.24, 2.45) is 0 Å². The molecule has 0 saturated heterocycles. The highest BCUT2D eigenvalue weighted by Gasteiger charge is 2.25. The van der Waals surface area contributed by atoms with Gasteiger partial charge in [0.1, 0.15) is 12.1 Å². The number of aromatic nitrogens is 3. The Hall–Kier alpha value is -1.62. The molecule has 0 amide bonds. The Morgan fingerprint density at radius 2 is 2.16 bits per heavy atom. The zero-order valence-electron chi connectivity index (χ0n) is 10.6. The molecule has 0 spiro atoms. The second kappa shape index (κ2) is 6.02. The molecule has 1 aliphatic rings. The number of pyridine rings is 1. The van der Waals surface area contributed by atoms with Crippen molar-refractivity contribution in [3.8, 4) is 0 Å². The van der Waals surface area contributed by atoms with E-state index >= 15 is 0 Å². The van der Waals surface area contributed by atoms with Gasteiger partial charge >= 0.3 is 0 Å². The first-order valence-electron chi connectivity index (χ1n) is 6.51. The minimum absolute atomic E-state index is 0.673. The lowest BCUT2D eigenvalue weighted by Gasteiger charge is -2.06. The zero-order chi connectivity index (χ0) is 12.9. The molecule has 1 aliphatic carbocycles. The fourth-order valence-corrected chi connectivity index (χ4v) is 2.56. The molecule has 0 unspecified atom stereocenters. The largest absolute Gasteiger partial charge is 0.369 e. The summed E-state index contributed by atoms with van der Waals surface area (Å²) in [5.74, 6) is 2.57. The second-order valence-corrected chi connectivity index (χ2v) is 5.66. The van der Waals surface area contributed by atoms with Crippen LogP contribution >= 0.6 is 11.8 Å². The van der Waals surface area contributed by atoms with Gasteiger partial charge in [-0.3, -0.25) is 0 Å². The lowest BCUT2D eigenvalue weighted by atomic mass is 10.3. The lowest BCUT2D eigenvalue weighted by Crippen LogP contribution is -2.06. The topological polar surface area (TPSA) is 50.7 Å². The molecule has 0 bridgehead atoms. The molecular weight excluding hydrogens is 256 g/mol. The van der Waals surface area contributed by atoms with Crippen LogP contribution in [0.4, 0.5) is 5.82 Å². The van der Waals surface area contributed by atoms with Crippen LogP contribution in [0.25, 0.3) is 0 Å². The number of anilines is 1. The van der Waals surface area contributed by atoms with Gasteiger partial charge in [0.2, 0.25) is 0 Å². The highest BCUT2D eigenvalue weighted by molar-refractivity contribution is 7.99. The van der Waals surface area contributed by atoms with Crippen molar-refractivity contribution < 1.29 is 0 Å². The number of hydrogen-bond donors (Lipinski definition) is 1. The van der Waals surface area contributed by atoms with Crippen LogP contribution in [-0.2, 0) is 0 Å². The maximum Gasteiger partial charge on any atom is 0.129 e. The predicted octanol–water partition coefficient (Wildman–Crippen LogP) is 2.95. The van der Waals surface area contributed by atoms with Gasteiger partial charge < -0.3 is 5.32 Å². The van der Waals surface area contributed by atoms with Gasteiger partial charge in [-0.05, 0) is 25.0 Å². The third-order valence-electron chi connectivity index (χ3n) is 2.98. The van der Waals surface area contributed by atoms with Crippen LogP contribution in [0.1, 0.15) is 24.5 Å². The normalized spacial score (nSPS) is 14.3. The maximum atomic E-state index is 4.31. The van der Waals surface area contributed by atoms with E-state index in [-0.39, 0.29) is 0 Å². The Balaban J connectivity index is 1.46. The summed E-state index contributed by atoms with van der Waals surface area (Å²) in [5, 5.41) is 4.40. The summed E-state index contributed by atoms with van der Waals surface area (Å²) < 4.78 is 0. The summed E-state index contributed by atoms with van der Waals surface area (Å²) in [6.07, 6.45) is 6.02. The number of nitrogens with zero attached hydrogens (tertiary/aromatic N) is 3. The van der Waals surface area contributed by atoms with Crippen molar-refractivity contribution in [2.45, 2.75) is 23.8 Å². The van der Waals surface area contributed by atoms with E-state index in [1.165, 1.54) is 18.5 Å². The minimum atomic E-state index is 0.673. The Bertz CT molecular complexity index is 528. The van der Waals surface area contributed by atoms with Gasteiger partial charge in [-0.1, -0.05) is 6.07 Å². The van der Waals surface area contributed by atoms with Crippen LogP contribution in [0.5, 0.6) is 0 Å². The average Bonchev–Trinajstić information content (AvgIpc) is 3.30. The highest BCUT2D eigenvalue weighted by atomic mass is 32.2. The summed E-state index contributed by atoms with van der Waals surface area (Å²) in [6, 6.07) is 8.04. The molecule has 2 aromatic rings. The lowest BCUT2D eigenvalue weighted by molar-refractivity contribution is 0.982. The number of thioether (sulfide) groups is 1.